The molecule has 23 heavy (non-hydrogen) atoms. The van der Waals surface area contributed by atoms with E-state index < -0.39 is 0 Å². The summed E-state index contributed by atoms with van der Waals surface area (Å²) in [6.07, 6.45) is 3.74. The molecule has 0 aliphatic carbocycles. The Morgan fingerprint density at radius 3 is 2.52 bits per heavy atom. The maximum Gasteiger partial charge on any atom is 0.144 e. The molecule has 3 heterocycles. The number of hydrogen-bond acceptors (Lipinski definition) is 3. The Balaban J connectivity index is 1.89. The number of hydrogen-bond donors (Lipinski definition) is 1. The molecule has 4 aromatic rings. The van der Waals surface area contributed by atoms with Crippen LogP contribution in [0.25, 0.3) is 16.9 Å². The van der Waals surface area contributed by atoms with Gasteiger partial charge < -0.3 is 5.32 Å². The fourth-order valence-corrected chi connectivity index (χ4v) is 2.61. The van der Waals surface area contributed by atoms with Gasteiger partial charge in [-0.05, 0) is 36.4 Å². The molecule has 0 atom stereocenters. The molecule has 0 aliphatic heterocycles. The second-order valence-electron chi connectivity index (χ2n) is 5.08. The van der Waals surface area contributed by atoms with E-state index in [1.54, 1.807) is 6.20 Å². The van der Waals surface area contributed by atoms with Gasteiger partial charge in [0.05, 0.1) is 0 Å². The molecule has 0 spiro atoms. The number of fused-ring (bicyclic) bond motifs is 1. The van der Waals surface area contributed by atoms with Crippen molar-refractivity contribution in [3.8, 4) is 11.3 Å². The molecule has 0 saturated heterocycles. The van der Waals surface area contributed by atoms with Crippen LogP contribution in [0, 0.1) is 0 Å². The normalized spacial score (nSPS) is 10.8. The van der Waals surface area contributed by atoms with E-state index in [0.29, 0.717) is 5.02 Å². The standard InChI is InChI=1S/C18H13ClN4/c19-14-9-7-13(8-10-14)17-18(21-15-5-1-3-11-20-15)23-12-4-2-6-16(23)22-17/h1-12H,(H,20,21). The molecule has 0 saturated carbocycles. The fourth-order valence-electron chi connectivity index (χ4n) is 2.48. The number of halogens is 1. The maximum atomic E-state index is 6.00. The van der Waals surface area contributed by atoms with Crippen molar-refractivity contribution in [2.75, 3.05) is 5.32 Å². The van der Waals surface area contributed by atoms with Crippen LogP contribution in [0.4, 0.5) is 11.6 Å². The molecule has 0 unspecified atom stereocenters. The number of rotatable bonds is 3. The first-order valence-electron chi connectivity index (χ1n) is 7.22. The van der Waals surface area contributed by atoms with Gasteiger partial charge in [-0.3, -0.25) is 4.40 Å². The van der Waals surface area contributed by atoms with E-state index in [1.165, 1.54) is 0 Å². The summed E-state index contributed by atoms with van der Waals surface area (Å²) in [6.45, 7) is 0. The molecular formula is C18H13ClN4. The SMILES string of the molecule is Clc1ccc(-c2nc3ccccn3c2Nc2ccccn2)cc1. The Bertz CT molecular complexity index is 946. The van der Waals surface area contributed by atoms with Crippen molar-refractivity contribution in [3.63, 3.8) is 0 Å². The van der Waals surface area contributed by atoms with Gasteiger partial charge in [0.1, 0.15) is 23.0 Å². The zero-order valence-corrected chi connectivity index (χ0v) is 12.9. The molecule has 0 amide bonds. The van der Waals surface area contributed by atoms with Crippen LogP contribution in [0.3, 0.4) is 0 Å². The van der Waals surface area contributed by atoms with Crippen molar-refractivity contribution in [2.45, 2.75) is 0 Å². The summed E-state index contributed by atoms with van der Waals surface area (Å²) < 4.78 is 2.01. The monoisotopic (exact) mass is 320 g/mol. The highest BCUT2D eigenvalue weighted by Crippen LogP contribution is 2.31. The summed E-state index contributed by atoms with van der Waals surface area (Å²) in [5.41, 5.74) is 2.73. The summed E-state index contributed by atoms with van der Waals surface area (Å²) in [4.78, 5) is 9.07. The van der Waals surface area contributed by atoms with Crippen molar-refractivity contribution in [1.82, 2.24) is 14.4 Å². The summed E-state index contributed by atoms with van der Waals surface area (Å²) in [7, 11) is 0. The molecule has 112 valence electrons. The zero-order chi connectivity index (χ0) is 15.6. The largest absolute Gasteiger partial charge is 0.324 e. The number of nitrogens with zero attached hydrogens (tertiary/aromatic N) is 3. The third-order valence-corrected chi connectivity index (χ3v) is 3.81. The van der Waals surface area contributed by atoms with Gasteiger partial charge in [0.15, 0.2) is 0 Å². The Kier molecular flexibility index (Phi) is 3.44. The van der Waals surface area contributed by atoms with Crippen molar-refractivity contribution in [3.05, 3.63) is 78.1 Å². The van der Waals surface area contributed by atoms with Crippen molar-refractivity contribution in [2.24, 2.45) is 0 Å². The summed E-state index contributed by atoms with van der Waals surface area (Å²) in [5.74, 6) is 1.65. The molecule has 5 heteroatoms. The van der Waals surface area contributed by atoms with Gasteiger partial charge in [-0.2, -0.15) is 0 Å². The molecular weight excluding hydrogens is 308 g/mol. The number of benzene rings is 1. The number of aromatic nitrogens is 3. The van der Waals surface area contributed by atoms with Crippen LogP contribution in [0.1, 0.15) is 0 Å². The predicted molar refractivity (Wildman–Crippen MR) is 93.2 cm³/mol. The highest BCUT2D eigenvalue weighted by molar-refractivity contribution is 6.30. The summed E-state index contributed by atoms with van der Waals surface area (Å²) in [5, 5.41) is 4.07. The Labute approximate surface area is 138 Å². The number of imidazole rings is 1. The van der Waals surface area contributed by atoms with Crippen LogP contribution in [-0.4, -0.2) is 14.4 Å². The van der Waals surface area contributed by atoms with Crippen molar-refractivity contribution >= 4 is 28.9 Å². The quantitative estimate of drug-likeness (QED) is 0.590. The van der Waals surface area contributed by atoms with Gasteiger partial charge in [-0.1, -0.05) is 35.9 Å². The number of pyridine rings is 2. The zero-order valence-electron chi connectivity index (χ0n) is 12.1. The Hall–Kier alpha value is -2.85. The highest BCUT2D eigenvalue weighted by atomic mass is 35.5. The van der Waals surface area contributed by atoms with Gasteiger partial charge in [0, 0.05) is 23.0 Å². The van der Waals surface area contributed by atoms with Gasteiger partial charge in [0.2, 0.25) is 0 Å². The summed E-state index contributed by atoms with van der Waals surface area (Å²) in [6, 6.07) is 19.3. The van der Waals surface area contributed by atoms with E-state index in [1.807, 2.05) is 71.3 Å². The molecule has 4 rings (SSSR count). The van der Waals surface area contributed by atoms with Crippen LogP contribution in [0.5, 0.6) is 0 Å². The molecule has 0 aliphatic rings. The third-order valence-electron chi connectivity index (χ3n) is 3.56. The predicted octanol–water partition coefficient (Wildman–Crippen LogP) is 4.79. The van der Waals surface area contributed by atoms with Crippen molar-refractivity contribution in [1.29, 1.82) is 0 Å². The fraction of sp³-hybridized carbons (Fsp3) is 0. The highest BCUT2D eigenvalue weighted by Gasteiger charge is 2.14. The van der Waals surface area contributed by atoms with E-state index in [4.69, 9.17) is 16.6 Å². The van der Waals surface area contributed by atoms with Gasteiger partial charge >= 0.3 is 0 Å². The van der Waals surface area contributed by atoms with Crippen LogP contribution in [0.15, 0.2) is 73.1 Å². The van der Waals surface area contributed by atoms with Crippen LogP contribution in [-0.2, 0) is 0 Å². The van der Waals surface area contributed by atoms with Crippen LogP contribution in [0.2, 0.25) is 5.02 Å². The van der Waals surface area contributed by atoms with E-state index >= 15 is 0 Å². The van der Waals surface area contributed by atoms with Crippen LogP contribution < -0.4 is 5.32 Å². The van der Waals surface area contributed by atoms with Gasteiger partial charge in [0.25, 0.3) is 0 Å². The lowest BCUT2D eigenvalue weighted by Gasteiger charge is -2.08. The molecule has 0 bridgehead atoms. The van der Waals surface area contributed by atoms with Gasteiger partial charge in [-0.15, -0.1) is 0 Å². The van der Waals surface area contributed by atoms with E-state index in [0.717, 1.165) is 28.5 Å². The molecule has 0 radical (unpaired) electrons. The molecule has 1 aromatic carbocycles. The number of nitrogens with one attached hydrogen (secondary N) is 1. The van der Waals surface area contributed by atoms with Crippen LogP contribution >= 0.6 is 11.6 Å². The van der Waals surface area contributed by atoms with E-state index in [2.05, 4.69) is 10.3 Å². The first-order chi connectivity index (χ1) is 11.3. The smallest absolute Gasteiger partial charge is 0.144 e. The second kappa shape index (κ2) is 5.74. The third kappa shape index (κ3) is 2.64. The van der Waals surface area contributed by atoms with E-state index in [-0.39, 0.29) is 0 Å². The minimum Gasteiger partial charge on any atom is -0.324 e. The molecule has 0 fully saturated rings. The minimum absolute atomic E-state index is 0.705. The lowest BCUT2D eigenvalue weighted by Crippen LogP contribution is -1.98. The summed E-state index contributed by atoms with van der Waals surface area (Å²) >= 11 is 6.00. The minimum atomic E-state index is 0.705. The van der Waals surface area contributed by atoms with E-state index in [9.17, 15) is 0 Å². The first-order valence-corrected chi connectivity index (χ1v) is 7.60. The Morgan fingerprint density at radius 1 is 0.913 bits per heavy atom. The second-order valence-corrected chi connectivity index (χ2v) is 5.52. The average Bonchev–Trinajstić information content (AvgIpc) is 2.95. The Morgan fingerprint density at radius 2 is 1.74 bits per heavy atom. The topological polar surface area (TPSA) is 42.2 Å². The maximum absolute atomic E-state index is 6.00. The lowest BCUT2D eigenvalue weighted by atomic mass is 10.1. The number of anilines is 2. The molecule has 1 N–H and O–H groups in total. The average molecular weight is 321 g/mol. The molecule has 4 nitrogen and oxygen atoms in total. The molecule has 3 aromatic heterocycles. The van der Waals surface area contributed by atoms with Crippen molar-refractivity contribution < 1.29 is 0 Å². The lowest BCUT2D eigenvalue weighted by molar-refractivity contribution is 1.17. The van der Waals surface area contributed by atoms with Gasteiger partial charge in [-0.25, -0.2) is 9.97 Å². The first kappa shape index (κ1) is 13.8.